The van der Waals surface area contributed by atoms with E-state index in [9.17, 15) is 4.79 Å². The first kappa shape index (κ1) is 22.2. The molecule has 2 aliphatic rings. The Morgan fingerprint density at radius 2 is 1.52 bits per heavy atom. The lowest BCUT2D eigenvalue weighted by molar-refractivity contribution is 0.0747. The van der Waals surface area contributed by atoms with E-state index in [1.54, 1.807) is 0 Å². The maximum Gasteiger partial charge on any atom is 0.253 e. The zero-order valence-electron chi connectivity index (χ0n) is 18.1. The molecular weight excluding hydrogens is 454 g/mol. The number of carbonyl (C=O) groups is 1. The third-order valence-corrected chi connectivity index (χ3v) is 6.72. The zero-order valence-corrected chi connectivity index (χ0v) is 19.7. The van der Waals surface area contributed by atoms with Gasteiger partial charge in [0.1, 0.15) is 5.75 Å². The summed E-state index contributed by atoms with van der Waals surface area (Å²) in [4.78, 5) is 19.5. The van der Waals surface area contributed by atoms with Crippen LogP contribution in [0.2, 0.25) is 0 Å². The summed E-state index contributed by atoms with van der Waals surface area (Å²) in [6, 6.07) is 16.0. The molecule has 0 spiro atoms. The molecule has 0 radical (unpaired) electrons. The van der Waals surface area contributed by atoms with Crippen molar-refractivity contribution in [3.8, 4) is 5.75 Å². The molecule has 2 heterocycles. The largest absolute Gasteiger partial charge is 0.494 e. The molecule has 2 fully saturated rings. The Hall–Kier alpha value is -2.05. The van der Waals surface area contributed by atoms with E-state index in [0.717, 1.165) is 61.5 Å². The number of anilines is 1. The van der Waals surface area contributed by atoms with Crippen LogP contribution in [0.3, 0.4) is 0 Å². The number of ether oxygens (including phenoxy) is 1. The van der Waals surface area contributed by atoms with Crippen LogP contribution in [0, 0.1) is 0 Å². The molecule has 1 amide bonds. The van der Waals surface area contributed by atoms with Crippen molar-refractivity contribution in [2.45, 2.75) is 25.7 Å². The number of hydrogen-bond donors (Lipinski definition) is 0. The summed E-state index contributed by atoms with van der Waals surface area (Å²) < 4.78 is 6.93. The normalized spacial score (nSPS) is 17.6. The number of halogens is 1. The van der Waals surface area contributed by atoms with Gasteiger partial charge in [-0.15, -0.1) is 0 Å². The van der Waals surface area contributed by atoms with Crippen molar-refractivity contribution in [1.29, 1.82) is 0 Å². The number of benzene rings is 2. The molecule has 0 saturated carbocycles. The van der Waals surface area contributed by atoms with Crippen LogP contribution in [0.15, 0.2) is 53.0 Å². The summed E-state index contributed by atoms with van der Waals surface area (Å²) in [6.45, 7) is 7.57. The SMILES string of the molecule is O=C(c1ccc(Br)cc1)N1CCN(c2ccc(OCCCN3CCCCC3)cc2)CC1. The lowest BCUT2D eigenvalue weighted by atomic mass is 10.1. The minimum Gasteiger partial charge on any atom is -0.494 e. The monoisotopic (exact) mass is 485 g/mol. The highest BCUT2D eigenvalue weighted by molar-refractivity contribution is 9.10. The van der Waals surface area contributed by atoms with Gasteiger partial charge >= 0.3 is 0 Å². The average molecular weight is 486 g/mol. The number of rotatable bonds is 7. The molecule has 0 aromatic heterocycles. The van der Waals surface area contributed by atoms with Crippen molar-refractivity contribution in [3.05, 3.63) is 58.6 Å². The fourth-order valence-electron chi connectivity index (χ4n) is 4.36. The topological polar surface area (TPSA) is 36.0 Å². The van der Waals surface area contributed by atoms with E-state index in [1.807, 2.05) is 29.2 Å². The number of nitrogens with zero attached hydrogens (tertiary/aromatic N) is 3. The Balaban J connectivity index is 1.20. The van der Waals surface area contributed by atoms with E-state index >= 15 is 0 Å². The van der Waals surface area contributed by atoms with Gasteiger partial charge in [0, 0.05) is 48.4 Å². The summed E-state index contributed by atoms with van der Waals surface area (Å²) in [7, 11) is 0. The minimum absolute atomic E-state index is 0.112. The van der Waals surface area contributed by atoms with Crippen LogP contribution in [0.1, 0.15) is 36.0 Å². The number of hydrogen-bond acceptors (Lipinski definition) is 4. The summed E-state index contributed by atoms with van der Waals surface area (Å²) in [5.41, 5.74) is 1.94. The number of piperidine rings is 1. The zero-order chi connectivity index (χ0) is 21.5. The Morgan fingerprint density at radius 3 is 2.19 bits per heavy atom. The van der Waals surface area contributed by atoms with Crippen LogP contribution in [-0.4, -0.2) is 68.1 Å². The predicted octanol–water partition coefficient (Wildman–Crippen LogP) is 4.67. The molecule has 0 aliphatic carbocycles. The van der Waals surface area contributed by atoms with E-state index in [2.05, 4.69) is 50.0 Å². The van der Waals surface area contributed by atoms with Gasteiger partial charge in [-0.1, -0.05) is 22.4 Å². The van der Waals surface area contributed by atoms with Crippen LogP contribution in [0.4, 0.5) is 5.69 Å². The van der Waals surface area contributed by atoms with Gasteiger partial charge in [0.2, 0.25) is 0 Å². The van der Waals surface area contributed by atoms with Gasteiger partial charge < -0.3 is 19.4 Å². The fourth-order valence-corrected chi connectivity index (χ4v) is 4.62. The van der Waals surface area contributed by atoms with E-state index in [4.69, 9.17) is 4.74 Å². The van der Waals surface area contributed by atoms with Crippen molar-refractivity contribution in [2.24, 2.45) is 0 Å². The molecule has 4 rings (SSSR count). The molecule has 5 nitrogen and oxygen atoms in total. The van der Waals surface area contributed by atoms with E-state index in [-0.39, 0.29) is 5.91 Å². The Bertz CT molecular complexity index is 827. The molecule has 31 heavy (non-hydrogen) atoms. The smallest absolute Gasteiger partial charge is 0.253 e. The van der Waals surface area contributed by atoms with Crippen LogP contribution < -0.4 is 9.64 Å². The summed E-state index contributed by atoms with van der Waals surface area (Å²) in [6.07, 6.45) is 5.15. The predicted molar refractivity (Wildman–Crippen MR) is 129 cm³/mol. The molecule has 0 N–H and O–H groups in total. The van der Waals surface area contributed by atoms with Crippen LogP contribution >= 0.6 is 15.9 Å². The van der Waals surface area contributed by atoms with Crippen molar-refractivity contribution in [3.63, 3.8) is 0 Å². The van der Waals surface area contributed by atoms with Crippen LogP contribution in [0.25, 0.3) is 0 Å². The van der Waals surface area contributed by atoms with E-state index in [1.165, 1.54) is 38.0 Å². The summed E-state index contributed by atoms with van der Waals surface area (Å²) in [5.74, 6) is 1.05. The Morgan fingerprint density at radius 1 is 0.839 bits per heavy atom. The molecule has 2 aromatic carbocycles. The first-order valence-corrected chi connectivity index (χ1v) is 12.2. The molecule has 6 heteroatoms. The van der Waals surface area contributed by atoms with Crippen molar-refractivity contribution in [2.75, 3.05) is 57.3 Å². The highest BCUT2D eigenvalue weighted by Gasteiger charge is 2.22. The highest BCUT2D eigenvalue weighted by Crippen LogP contribution is 2.22. The molecule has 2 aromatic rings. The average Bonchev–Trinajstić information content (AvgIpc) is 2.83. The fraction of sp³-hybridized carbons (Fsp3) is 0.480. The van der Waals surface area contributed by atoms with Crippen molar-refractivity contribution >= 4 is 27.5 Å². The summed E-state index contributed by atoms with van der Waals surface area (Å²) in [5, 5.41) is 0. The Kier molecular flexibility index (Phi) is 7.86. The number of likely N-dealkylation sites (tertiary alicyclic amines) is 1. The molecular formula is C25H32BrN3O2. The Labute approximate surface area is 194 Å². The van der Waals surface area contributed by atoms with Crippen LogP contribution in [0.5, 0.6) is 5.75 Å². The van der Waals surface area contributed by atoms with Crippen LogP contribution in [-0.2, 0) is 0 Å². The highest BCUT2D eigenvalue weighted by atomic mass is 79.9. The van der Waals surface area contributed by atoms with E-state index in [0.29, 0.717) is 0 Å². The maximum atomic E-state index is 12.7. The quantitative estimate of drug-likeness (QED) is 0.534. The molecule has 166 valence electrons. The maximum absolute atomic E-state index is 12.7. The lowest BCUT2D eigenvalue weighted by Gasteiger charge is -2.36. The second-order valence-corrected chi connectivity index (χ2v) is 9.30. The second-order valence-electron chi connectivity index (χ2n) is 8.38. The summed E-state index contributed by atoms with van der Waals surface area (Å²) >= 11 is 3.42. The van der Waals surface area contributed by atoms with Gasteiger partial charge in [-0.05, 0) is 80.9 Å². The van der Waals surface area contributed by atoms with Gasteiger partial charge in [-0.2, -0.15) is 0 Å². The molecule has 0 bridgehead atoms. The van der Waals surface area contributed by atoms with Gasteiger partial charge in [-0.25, -0.2) is 0 Å². The third kappa shape index (κ3) is 6.23. The standard InChI is InChI=1S/C25H32BrN3O2/c26-22-7-5-21(6-8-22)25(30)29-18-16-28(17-19-29)23-9-11-24(12-10-23)31-20-4-15-27-13-2-1-3-14-27/h5-12H,1-4,13-20H2. The van der Waals surface area contributed by atoms with Gasteiger partial charge in [-0.3, -0.25) is 4.79 Å². The minimum atomic E-state index is 0.112. The van der Waals surface area contributed by atoms with Gasteiger partial charge in [0.15, 0.2) is 0 Å². The number of carbonyl (C=O) groups excluding carboxylic acids is 1. The number of amides is 1. The molecule has 2 aliphatic heterocycles. The molecule has 0 atom stereocenters. The second kappa shape index (κ2) is 11.0. The third-order valence-electron chi connectivity index (χ3n) is 6.20. The first-order chi connectivity index (χ1) is 15.2. The first-order valence-electron chi connectivity index (χ1n) is 11.4. The van der Waals surface area contributed by atoms with Crippen molar-refractivity contribution < 1.29 is 9.53 Å². The number of piperazine rings is 1. The molecule has 0 unspecified atom stereocenters. The van der Waals surface area contributed by atoms with Gasteiger partial charge in [0.05, 0.1) is 6.61 Å². The van der Waals surface area contributed by atoms with Gasteiger partial charge in [0.25, 0.3) is 5.91 Å². The molecule has 2 saturated heterocycles. The van der Waals surface area contributed by atoms with Crippen molar-refractivity contribution in [1.82, 2.24) is 9.80 Å². The lowest BCUT2D eigenvalue weighted by Crippen LogP contribution is -2.48. The van der Waals surface area contributed by atoms with E-state index < -0.39 is 0 Å².